The Labute approximate surface area is 82.1 Å². The number of hydrogen-bond acceptors (Lipinski definition) is 4. The second-order valence-corrected chi connectivity index (χ2v) is 3.12. The van der Waals surface area contributed by atoms with E-state index in [-0.39, 0.29) is 6.42 Å². The monoisotopic (exact) mass is 198 g/mol. The average Bonchev–Trinajstić information content (AvgIpc) is 2.42. The van der Waals surface area contributed by atoms with Crippen LogP contribution in [-0.4, -0.2) is 22.8 Å². The molecule has 0 radical (unpaired) electrons. The molecule has 0 aliphatic carbocycles. The molecule has 1 heterocycles. The summed E-state index contributed by atoms with van der Waals surface area (Å²) in [6.07, 6.45) is 0.128. The fourth-order valence-electron chi connectivity index (χ4n) is 1.16. The minimum absolute atomic E-state index is 0.128. The smallest absolute Gasteiger partial charge is 0.304 e. The average molecular weight is 198 g/mol. The number of aryl methyl sites for hydroxylation is 2. The first kappa shape index (κ1) is 10.7. The van der Waals surface area contributed by atoms with Crippen LogP contribution in [0.5, 0.6) is 0 Å². The predicted octanol–water partition coefficient (Wildman–Crippen LogP) is 0.856. The van der Waals surface area contributed by atoms with Gasteiger partial charge >= 0.3 is 5.97 Å². The van der Waals surface area contributed by atoms with Gasteiger partial charge in [0.1, 0.15) is 5.76 Å². The highest BCUT2D eigenvalue weighted by Gasteiger charge is 2.07. The maximum atomic E-state index is 10.2. The summed E-state index contributed by atoms with van der Waals surface area (Å²) < 4.78 is 4.97. The van der Waals surface area contributed by atoms with Gasteiger partial charge in [-0.2, -0.15) is 0 Å². The molecule has 0 amide bonds. The van der Waals surface area contributed by atoms with E-state index in [1.54, 1.807) is 0 Å². The summed E-state index contributed by atoms with van der Waals surface area (Å²) in [6, 6.07) is 0. The molecule has 2 N–H and O–H groups in total. The Kier molecular flexibility index (Phi) is 3.64. The summed E-state index contributed by atoms with van der Waals surface area (Å²) in [5, 5.41) is 15.2. The Morgan fingerprint density at radius 3 is 2.79 bits per heavy atom. The van der Waals surface area contributed by atoms with Crippen LogP contribution in [0.4, 0.5) is 0 Å². The highest BCUT2D eigenvalue weighted by molar-refractivity contribution is 5.66. The third-order valence-electron chi connectivity index (χ3n) is 2.00. The summed E-state index contributed by atoms with van der Waals surface area (Å²) in [5.41, 5.74) is 1.86. The van der Waals surface area contributed by atoms with Crippen LogP contribution >= 0.6 is 0 Å². The van der Waals surface area contributed by atoms with Gasteiger partial charge in [0.25, 0.3) is 0 Å². The molecule has 0 saturated heterocycles. The number of nitrogens with zero attached hydrogens (tertiary/aromatic N) is 1. The second-order valence-electron chi connectivity index (χ2n) is 3.12. The number of hydrogen-bond donors (Lipinski definition) is 2. The van der Waals surface area contributed by atoms with Gasteiger partial charge in [-0.15, -0.1) is 0 Å². The molecule has 0 unspecified atom stereocenters. The first-order valence-corrected chi connectivity index (χ1v) is 4.45. The van der Waals surface area contributed by atoms with Crippen molar-refractivity contribution in [2.24, 2.45) is 0 Å². The molecule has 0 fully saturated rings. The van der Waals surface area contributed by atoms with Crippen molar-refractivity contribution in [3.63, 3.8) is 0 Å². The molecular formula is C9H14N2O3. The van der Waals surface area contributed by atoms with E-state index in [4.69, 9.17) is 9.63 Å². The number of carbonyl (C=O) groups is 1. The van der Waals surface area contributed by atoms with E-state index in [9.17, 15) is 4.79 Å². The van der Waals surface area contributed by atoms with Crippen LogP contribution < -0.4 is 5.32 Å². The lowest BCUT2D eigenvalue weighted by Gasteiger charge is -2.01. The largest absolute Gasteiger partial charge is 0.481 e. The van der Waals surface area contributed by atoms with Gasteiger partial charge in [0.15, 0.2) is 0 Å². The molecule has 0 aliphatic rings. The molecule has 0 aromatic carbocycles. The van der Waals surface area contributed by atoms with E-state index in [1.165, 1.54) is 0 Å². The normalized spacial score (nSPS) is 10.4. The van der Waals surface area contributed by atoms with Gasteiger partial charge in [-0.3, -0.25) is 4.79 Å². The second kappa shape index (κ2) is 4.76. The lowest BCUT2D eigenvalue weighted by molar-refractivity contribution is -0.136. The molecular weight excluding hydrogens is 184 g/mol. The van der Waals surface area contributed by atoms with Crippen molar-refractivity contribution in [2.45, 2.75) is 26.8 Å². The van der Waals surface area contributed by atoms with Gasteiger partial charge in [0, 0.05) is 18.7 Å². The molecule has 0 bridgehead atoms. The molecule has 0 spiro atoms. The first-order valence-electron chi connectivity index (χ1n) is 4.45. The predicted molar refractivity (Wildman–Crippen MR) is 49.9 cm³/mol. The third-order valence-corrected chi connectivity index (χ3v) is 2.00. The molecule has 1 aromatic rings. The maximum Gasteiger partial charge on any atom is 0.304 e. The van der Waals surface area contributed by atoms with Crippen molar-refractivity contribution in [3.8, 4) is 0 Å². The topological polar surface area (TPSA) is 75.4 Å². The van der Waals surface area contributed by atoms with Crippen molar-refractivity contribution in [1.82, 2.24) is 10.5 Å². The number of nitrogens with one attached hydrogen (secondary N) is 1. The van der Waals surface area contributed by atoms with E-state index < -0.39 is 5.97 Å². The van der Waals surface area contributed by atoms with Crippen LogP contribution in [0.25, 0.3) is 0 Å². The zero-order valence-electron chi connectivity index (χ0n) is 8.33. The van der Waals surface area contributed by atoms with Crippen molar-refractivity contribution in [1.29, 1.82) is 0 Å². The Balaban J connectivity index is 2.34. The highest BCUT2D eigenvalue weighted by atomic mass is 16.5. The number of carboxylic acids is 1. The van der Waals surface area contributed by atoms with Gasteiger partial charge in [0.05, 0.1) is 12.1 Å². The summed E-state index contributed by atoms with van der Waals surface area (Å²) in [7, 11) is 0. The molecule has 78 valence electrons. The third kappa shape index (κ3) is 2.85. The van der Waals surface area contributed by atoms with Crippen LogP contribution in [0.15, 0.2) is 4.52 Å². The quantitative estimate of drug-likeness (QED) is 0.686. The van der Waals surface area contributed by atoms with Crippen molar-refractivity contribution in [2.75, 3.05) is 6.54 Å². The summed E-state index contributed by atoms with van der Waals surface area (Å²) in [5.74, 6) is -0.0124. The summed E-state index contributed by atoms with van der Waals surface area (Å²) in [6.45, 7) is 4.77. The maximum absolute atomic E-state index is 10.2. The Morgan fingerprint density at radius 2 is 2.29 bits per heavy atom. The van der Waals surface area contributed by atoms with Crippen LogP contribution in [0.3, 0.4) is 0 Å². The lowest BCUT2D eigenvalue weighted by atomic mass is 10.2. The van der Waals surface area contributed by atoms with E-state index in [0.29, 0.717) is 13.1 Å². The summed E-state index contributed by atoms with van der Waals surface area (Å²) in [4.78, 5) is 10.2. The SMILES string of the molecule is Cc1noc(C)c1CNCCC(=O)O. The molecule has 1 rings (SSSR count). The number of rotatable bonds is 5. The number of carboxylic acid groups (broad SMARTS) is 1. The fraction of sp³-hybridized carbons (Fsp3) is 0.556. The van der Waals surface area contributed by atoms with Crippen molar-refractivity contribution >= 4 is 5.97 Å². The van der Waals surface area contributed by atoms with Crippen molar-refractivity contribution < 1.29 is 14.4 Å². The molecule has 0 atom stereocenters. The standard InChI is InChI=1S/C9H14N2O3/c1-6-8(7(2)14-11-6)5-10-4-3-9(12)13/h10H,3-5H2,1-2H3,(H,12,13). The van der Waals surface area contributed by atoms with Gasteiger partial charge in [-0.1, -0.05) is 5.16 Å². The molecule has 1 aromatic heterocycles. The first-order chi connectivity index (χ1) is 6.61. The van der Waals surface area contributed by atoms with Crippen LogP contribution in [-0.2, 0) is 11.3 Å². The van der Waals surface area contributed by atoms with E-state index in [0.717, 1.165) is 17.0 Å². The van der Waals surface area contributed by atoms with Crippen LogP contribution in [0, 0.1) is 13.8 Å². The Hall–Kier alpha value is -1.36. The Morgan fingerprint density at radius 1 is 1.57 bits per heavy atom. The van der Waals surface area contributed by atoms with E-state index in [2.05, 4.69) is 10.5 Å². The number of aromatic nitrogens is 1. The minimum Gasteiger partial charge on any atom is -0.481 e. The van der Waals surface area contributed by atoms with Crippen LogP contribution in [0.1, 0.15) is 23.4 Å². The molecule has 5 heteroatoms. The molecule has 14 heavy (non-hydrogen) atoms. The highest BCUT2D eigenvalue weighted by Crippen LogP contribution is 2.11. The Bertz CT molecular complexity index is 300. The molecule has 0 aliphatic heterocycles. The molecule has 5 nitrogen and oxygen atoms in total. The van der Waals surface area contributed by atoms with Gasteiger partial charge in [-0.05, 0) is 13.8 Å². The van der Waals surface area contributed by atoms with Gasteiger partial charge in [0.2, 0.25) is 0 Å². The van der Waals surface area contributed by atoms with Crippen LogP contribution in [0.2, 0.25) is 0 Å². The zero-order chi connectivity index (χ0) is 10.6. The summed E-state index contributed by atoms with van der Waals surface area (Å²) >= 11 is 0. The van der Waals surface area contributed by atoms with Gasteiger partial charge in [-0.25, -0.2) is 0 Å². The van der Waals surface area contributed by atoms with E-state index in [1.807, 2.05) is 13.8 Å². The van der Waals surface area contributed by atoms with E-state index >= 15 is 0 Å². The molecule has 0 saturated carbocycles. The minimum atomic E-state index is -0.795. The zero-order valence-corrected chi connectivity index (χ0v) is 8.33. The lowest BCUT2D eigenvalue weighted by Crippen LogP contribution is -2.18. The fourth-order valence-corrected chi connectivity index (χ4v) is 1.16. The van der Waals surface area contributed by atoms with Gasteiger partial charge < -0.3 is 14.9 Å². The van der Waals surface area contributed by atoms with Crippen molar-refractivity contribution in [3.05, 3.63) is 17.0 Å². The number of aliphatic carboxylic acids is 1.